The molecule has 0 spiro atoms. The highest BCUT2D eigenvalue weighted by molar-refractivity contribution is 5.91. The highest BCUT2D eigenvalue weighted by Crippen LogP contribution is 2.27. The van der Waals surface area contributed by atoms with Gasteiger partial charge in [0.25, 0.3) is 0 Å². The van der Waals surface area contributed by atoms with Crippen LogP contribution >= 0.6 is 0 Å². The molecule has 1 saturated heterocycles. The third-order valence-corrected chi connectivity index (χ3v) is 2.91. The molecule has 2 amide bonds. The number of aliphatic hydroxyl groups excluding tert-OH is 1. The van der Waals surface area contributed by atoms with Crippen molar-refractivity contribution < 1.29 is 14.7 Å². The number of nitrogens with one attached hydrogen (secondary N) is 1. The Hall–Kier alpha value is -1.10. The molecule has 0 radical (unpaired) electrons. The number of hydrogen-bond donors (Lipinski definition) is 2. The average molecular weight is 212 g/mol. The first-order valence-corrected chi connectivity index (χ1v) is 5.43. The van der Waals surface area contributed by atoms with Crippen molar-refractivity contribution in [1.29, 1.82) is 0 Å². The Balaban J connectivity index is 1.94. The maximum atomic E-state index is 12.0. The van der Waals surface area contributed by atoms with Gasteiger partial charge in [-0.1, -0.05) is 0 Å². The van der Waals surface area contributed by atoms with Crippen molar-refractivity contribution in [1.82, 2.24) is 10.2 Å². The van der Waals surface area contributed by atoms with E-state index in [1.165, 1.54) is 0 Å². The molecule has 1 atom stereocenters. The van der Waals surface area contributed by atoms with Crippen molar-refractivity contribution in [3.05, 3.63) is 0 Å². The second kappa shape index (κ2) is 4.18. The van der Waals surface area contributed by atoms with Gasteiger partial charge >= 0.3 is 0 Å². The first kappa shape index (κ1) is 10.4. The molecule has 0 unspecified atom stereocenters. The highest BCUT2D eigenvalue weighted by Gasteiger charge is 2.37. The number of amides is 2. The van der Waals surface area contributed by atoms with E-state index in [1.807, 2.05) is 0 Å². The maximum absolute atomic E-state index is 12.0. The van der Waals surface area contributed by atoms with Crippen molar-refractivity contribution >= 4 is 11.8 Å². The van der Waals surface area contributed by atoms with E-state index in [-0.39, 0.29) is 24.5 Å². The second-order valence-electron chi connectivity index (χ2n) is 4.15. The Morgan fingerprint density at radius 2 is 2.20 bits per heavy atom. The molecule has 1 aliphatic heterocycles. The van der Waals surface area contributed by atoms with E-state index in [4.69, 9.17) is 5.11 Å². The van der Waals surface area contributed by atoms with Gasteiger partial charge < -0.3 is 15.3 Å². The molecule has 1 aliphatic carbocycles. The molecule has 0 bridgehead atoms. The third kappa shape index (κ3) is 2.28. The molecule has 2 fully saturated rings. The lowest BCUT2D eigenvalue weighted by Gasteiger charge is -2.24. The van der Waals surface area contributed by atoms with Gasteiger partial charge in [-0.25, -0.2) is 0 Å². The predicted molar refractivity (Wildman–Crippen MR) is 53.0 cm³/mol. The average Bonchev–Trinajstić information content (AvgIpc) is 2.96. The van der Waals surface area contributed by atoms with Gasteiger partial charge in [-0.05, 0) is 19.3 Å². The fraction of sp³-hybridized carbons (Fsp3) is 0.800. The third-order valence-electron chi connectivity index (χ3n) is 2.91. The lowest BCUT2D eigenvalue weighted by Crippen LogP contribution is -2.46. The van der Waals surface area contributed by atoms with Crippen LogP contribution in [0.5, 0.6) is 0 Å². The highest BCUT2D eigenvalue weighted by atomic mass is 16.3. The molecule has 0 aromatic carbocycles. The van der Waals surface area contributed by atoms with Gasteiger partial charge in [0.05, 0.1) is 6.61 Å². The van der Waals surface area contributed by atoms with Gasteiger partial charge in [-0.2, -0.15) is 0 Å². The molecule has 2 N–H and O–H groups in total. The minimum atomic E-state index is -0.357. The van der Waals surface area contributed by atoms with Crippen molar-refractivity contribution in [3.8, 4) is 0 Å². The Morgan fingerprint density at radius 1 is 1.47 bits per heavy atom. The number of aliphatic hydroxyl groups is 1. The molecule has 5 nitrogen and oxygen atoms in total. The van der Waals surface area contributed by atoms with Gasteiger partial charge in [-0.3, -0.25) is 9.59 Å². The summed E-state index contributed by atoms with van der Waals surface area (Å²) in [6, 6.07) is -0.0631. The van der Waals surface area contributed by atoms with E-state index in [0.29, 0.717) is 25.4 Å². The molecule has 1 heterocycles. The fourth-order valence-electron chi connectivity index (χ4n) is 1.97. The van der Waals surface area contributed by atoms with Crippen molar-refractivity contribution in [2.24, 2.45) is 0 Å². The molecule has 84 valence electrons. The van der Waals surface area contributed by atoms with E-state index in [0.717, 1.165) is 12.8 Å². The van der Waals surface area contributed by atoms with Gasteiger partial charge in [0.2, 0.25) is 11.8 Å². The normalized spacial score (nSPS) is 25.1. The lowest BCUT2D eigenvalue weighted by molar-refractivity contribution is -0.135. The van der Waals surface area contributed by atoms with E-state index < -0.39 is 0 Å². The first-order valence-electron chi connectivity index (χ1n) is 5.43. The molecular weight excluding hydrogens is 196 g/mol. The summed E-state index contributed by atoms with van der Waals surface area (Å²) in [5.41, 5.74) is 0. The van der Waals surface area contributed by atoms with Crippen LogP contribution in [0.4, 0.5) is 0 Å². The van der Waals surface area contributed by atoms with Gasteiger partial charge in [-0.15, -0.1) is 0 Å². The zero-order chi connectivity index (χ0) is 10.8. The molecule has 0 aromatic heterocycles. The first-order chi connectivity index (χ1) is 7.22. The van der Waals surface area contributed by atoms with E-state index in [9.17, 15) is 9.59 Å². The Kier molecular flexibility index (Phi) is 2.90. The topological polar surface area (TPSA) is 69.6 Å². The van der Waals surface area contributed by atoms with Crippen LogP contribution in [0.15, 0.2) is 0 Å². The predicted octanol–water partition coefficient (Wildman–Crippen LogP) is -0.752. The lowest BCUT2D eigenvalue weighted by atomic mass is 10.2. The monoisotopic (exact) mass is 212 g/mol. The zero-order valence-electron chi connectivity index (χ0n) is 8.61. The van der Waals surface area contributed by atoms with Crippen molar-refractivity contribution in [3.63, 3.8) is 0 Å². The summed E-state index contributed by atoms with van der Waals surface area (Å²) in [6.07, 6.45) is 3.07. The van der Waals surface area contributed by atoms with E-state index in [2.05, 4.69) is 5.32 Å². The molecule has 0 aromatic rings. The summed E-state index contributed by atoms with van der Waals surface area (Å²) in [5.74, 6) is -0.0782. The molecular formula is C10H16N2O3. The van der Waals surface area contributed by atoms with E-state index >= 15 is 0 Å². The summed E-state index contributed by atoms with van der Waals surface area (Å²) >= 11 is 0. The molecule has 5 heteroatoms. The SMILES string of the molecule is O=C1CC[C@H](C(=O)N(CCO)C2CC2)N1. The Morgan fingerprint density at radius 3 is 2.67 bits per heavy atom. The maximum Gasteiger partial charge on any atom is 0.245 e. The number of nitrogens with zero attached hydrogens (tertiary/aromatic N) is 1. The van der Waals surface area contributed by atoms with Crippen LogP contribution in [0, 0.1) is 0 Å². The minimum Gasteiger partial charge on any atom is -0.395 e. The van der Waals surface area contributed by atoms with Crippen molar-refractivity contribution in [2.75, 3.05) is 13.2 Å². The Bertz CT molecular complexity index is 276. The summed E-state index contributed by atoms with van der Waals surface area (Å²) in [4.78, 5) is 24.7. The van der Waals surface area contributed by atoms with Gasteiger partial charge in [0.1, 0.15) is 6.04 Å². The fourth-order valence-corrected chi connectivity index (χ4v) is 1.97. The van der Waals surface area contributed by atoms with Crippen LogP contribution < -0.4 is 5.32 Å². The van der Waals surface area contributed by atoms with Gasteiger partial charge in [0, 0.05) is 19.0 Å². The smallest absolute Gasteiger partial charge is 0.245 e. The van der Waals surface area contributed by atoms with Crippen LogP contribution in [-0.2, 0) is 9.59 Å². The van der Waals surface area contributed by atoms with Crippen molar-refractivity contribution in [2.45, 2.75) is 37.8 Å². The molecule has 15 heavy (non-hydrogen) atoms. The largest absolute Gasteiger partial charge is 0.395 e. The van der Waals surface area contributed by atoms with Crippen LogP contribution in [0.3, 0.4) is 0 Å². The molecule has 2 aliphatic rings. The number of rotatable bonds is 4. The standard InChI is InChI=1S/C10H16N2O3/c13-6-5-12(7-1-2-7)10(15)8-3-4-9(14)11-8/h7-8,13H,1-6H2,(H,11,14)/t8-/m1/s1. The molecule has 1 saturated carbocycles. The summed E-state index contributed by atoms with van der Waals surface area (Å²) in [6.45, 7) is 0.374. The zero-order valence-corrected chi connectivity index (χ0v) is 8.61. The van der Waals surface area contributed by atoms with Crippen LogP contribution in [0.2, 0.25) is 0 Å². The summed E-state index contributed by atoms with van der Waals surface area (Å²) in [7, 11) is 0. The number of carbonyl (C=O) groups excluding carboxylic acids is 2. The Labute approximate surface area is 88.4 Å². The van der Waals surface area contributed by atoms with Crippen LogP contribution in [0.25, 0.3) is 0 Å². The van der Waals surface area contributed by atoms with E-state index in [1.54, 1.807) is 4.90 Å². The quantitative estimate of drug-likeness (QED) is 0.644. The van der Waals surface area contributed by atoms with Gasteiger partial charge in [0.15, 0.2) is 0 Å². The molecule has 2 rings (SSSR count). The number of carbonyl (C=O) groups is 2. The second-order valence-corrected chi connectivity index (χ2v) is 4.15. The van der Waals surface area contributed by atoms with Crippen LogP contribution in [-0.4, -0.2) is 47.1 Å². The minimum absolute atomic E-state index is 0.0110. The number of hydrogen-bond acceptors (Lipinski definition) is 3. The summed E-state index contributed by atoms with van der Waals surface area (Å²) in [5, 5.41) is 11.5. The summed E-state index contributed by atoms with van der Waals surface area (Å²) < 4.78 is 0. The van der Waals surface area contributed by atoms with Crippen LogP contribution in [0.1, 0.15) is 25.7 Å².